The molecule has 122 valence electrons. The fourth-order valence-electron chi connectivity index (χ4n) is 2.89. The molecule has 0 unspecified atom stereocenters. The van der Waals surface area contributed by atoms with Crippen molar-refractivity contribution in [2.45, 2.75) is 32.7 Å². The van der Waals surface area contributed by atoms with Crippen LogP contribution in [0.4, 0.5) is 0 Å². The summed E-state index contributed by atoms with van der Waals surface area (Å²) in [4.78, 5) is 26.4. The maximum Gasteiger partial charge on any atom is 0.289 e. The Bertz CT molecular complexity index is 698. The van der Waals surface area contributed by atoms with Crippen molar-refractivity contribution in [2.24, 2.45) is 0 Å². The zero-order valence-electron chi connectivity index (χ0n) is 13.3. The van der Waals surface area contributed by atoms with E-state index in [2.05, 4.69) is 5.32 Å². The molecule has 0 bridgehead atoms. The third-order valence-corrected chi connectivity index (χ3v) is 4.82. The van der Waals surface area contributed by atoms with Crippen LogP contribution >= 0.6 is 11.3 Å². The zero-order valence-corrected chi connectivity index (χ0v) is 14.1. The van der Waals surface area contributed by atoms with Gasteiger partial charge in [0.25, 0.3) is 11.8 Å². The Morgan fingerprint density at radius 3 is 2.61 bits per heavy atom. The number of thiophene rings is 1. The lowest BCUT2D eigenvalue weighted by atomic mass is 10.0. The van der Waals surface area contributed by atoms with Gasteiger partial charge in [0.05, 0.1) is 0 Å². The molecule has 5 nitrogen and oxygen atoms in total. The van der Waals surface area contributed by atoms with Crippen LogP contribution in [0.3, 0.4) is 0 Å². The van der Waals surface area contributed by atoms with E-state index in [-0.39, 0.29) is 17.9 Å². The van der Waals surface area contributed by atoms with Gasteiger partial charge in [0.15, 0.2) is 5.76 Å². The summed E-state index contributed by atoms with van der Waals surface area (Å²) >= 11 is 1.51. The lowest BCUT2D eigenvalue weighted by molar-refractivity contribution is 0.0665. The predicted molar refractivity (Wildman–Crippen MR) is 88.9 cm³/mol. The van der Waals surface area contributed by atoms with Crippen molar-refractivity contribution in [1.29, 1.82) is 0 Å². The number of carbonyl (C=O) groups excluding carboxylic acids is 2. The van der Waals surface area contributed by atoms with E-state index in [1.807, 2.05) is 36.7 Å². The molecule has 6 heteroatoms. The van der Waals surface area contributed by atoms with Crippen LogP contribution in [0.1, 0.15) is 45.1 Å². The van der Waals surface area contributed by atoms with Crippen molar-refractivity contribution in [3.8, 4) is 0 Å². The van der Waals surface area contributed by atoms with E-state index in [1.165, 1.54) is 11.3 Å². The van der Waals surface area contributed by atoms with Crippen molar-refractivity contribution in [3.63, 3.8) is 0 Å². The summed E-state index contributed by atoms with van der Waals surface area (Å²) in [5, 5.41) is 6.78. The van der Waals surface area contributed by atoms with Gasteiger partial charge in [-0.1, -0.05) is 0 Å². The molecule has 2 amide bonds. The van der Waals surface area contributed by atoms with Crippen molar-refractivity contribution < 1.29 is 14.0 Å². The van der Waals surface area contributed by atoms with E-state index in [9.17, 15) is 9.59 Å². The van der Waals surface area contributed by atoms with Crippen LogP contribution < -0.4 is 5.32 Å². The molecule has 23 heavy (non-hydrogen) atoms. The van der Waals surface area contributed by atoms with E-state index >= 15 is 0 Å². The number of nitrogens with zero attached hydrogens (tertiary/aromatic N) is 1. The molecule has 1 aliphatic heterocycles. The number of amides is 2. The Hall–Kier alpha value is -2.08. The molecular weight excluding hydrogens is 312 g/mol. The van der Waals surface area contributed by atoms with Gasteiger partial charge in [0.2, 0.25) is 0 Å². The van der Waals surface area contributed by atoms with Gasteiger partial charge in [0, 0.05) is 35.6 Å². The maximum atomic E-state index is 12.5. The first-order chi connectivity index (χ1) is 11.0. The Labute approximate surface area is 139 Å². The van der Waals surface area contributed by atoms with Crippen molar-refractivity contribution >= 4 is 23.2 Å². The van der Waals surface area contributed by atoms with Gasteiger partial charge < -0.3 is 14.6 Å². The third kappa shape index (κ3) is 3.47. The highest BCUT2D eigenvalue weighted by Crippen LogP contribution is 2.19. The molecule has 0 aromatic carbocycles. The molecule has 0 aliphatic carbocycles. The zero-order chi connectivity index (χ0) is 16.4. The van der Waals surface area contributed by atoms with Gasteiger partial charge in [-0.2, -0.15) is 11.3 Å². The van der Waals surface area contributed by atoms with Crippen LogP contribution in [0.5, 0.6) is 0 Å². The summed E-state index contributed by atoms with van der Waals surface area (Å²) < 4.78 is 5.51. The minimum absolute atomic E-state index is 0.0338. The van der Waals surface area contributed by atoms with Gasteiger partial charge in [-0.15, -0.1) is 0 Å². The third-order valence-electron chi connectivity index (χ3n) is 4.14. The molecule has 3 heterocycles. The normalized spacial score (nSPS) is 15.7. The second-order valence-electron chi connectivity index (χ2n) is 5.92. The number of rotatable bonds is 3. The molecular formula is C17H20N2O3S. The first-order valence-electron chi connectivity index (χ1n) is 7.74. The summed E-state index contributed by atoms with van der Waals surface area (Å²) in [5.41, 5.74) is 1.58. The molecule has 1 saturated heterocycles. The number of hydrogen-bond acceptors (Lipinski definition) is 4. The second kappa shape index (κ2) is 6.58. The molecule has 0 saturated carbocycles. The average Bonchev–Trinajstić information content (AvgIpc) is 3.17. The van der Waals surface area contributed by atoms with E-state index < -0.39 is 0 Å². The number of likely N-dealkylation sites (tertiary alicyclic amines) is 1. The maximum absolute atomic E-state index is 12.5. The lowest BCUT2D eigenvalue weighted by Crippen LogP contribution is -2.46. The molecule has 1 fully saturated rings. The van der Waals surface area contributed by atoms with Gasteiger partial charge in [-0.25, -0.2) is 0 Å². The Kier molecular flexibility index (Phi) is 4.52. The fourth-order valence-corrected chi connectivity index (χ4v) is 3.52. The van der Waals surface area contributed by atoms with Crippen LogP contribution in [-0.4, -0.2) is 35.8 Å². The van der Waals surface area contributed by atoms with Crippen LogP contribution in [0, 0.1) is 13.8 Å². The monoisotopic (exact) mass is 332 g/mol. The van der Waals surface area contributed by atoms with E-state index in [0.717, 1.165) is 24.2 Å². The number of carbonyl (C=O) groups is 2. The van der Waals surface area contributed by atoms with E-state index in [1.54, 1.807) is 4.90 Å². The van der Waals surface area contributed by atoms with E-state index in [0.29, 0.717) is 24.4 Å². The summed E-state index contributed by atoms with van der Waals surface area (Å²) in [6, 6.07) is 3.81. The molecule has 0 spiro atoms. The molecule has 1 N–H and O–H groups in total. The molecule has 3 rings (SSSR count). The van der Waals surface area contributed by atoms with Crippen molar-refractivity contribution in [2.75, 3.05) is 13.1 Å². The number of hydrogen-bond donors (Lipinski definition) is 1. The highest BCUT2D eigenvalue weighted by molar-refractivity contribution is 7.08. The van der Waals surface area contributed by atoms with Crippen molar-refractivity contribution in [3.05, 3.63) is 45.5 Å². The summed E-state index contributed by atoms with van der Waals surface area (Å²) in [7, 11) is 0. The summed E-state index contributed by atoms with van der Waals surface area (Å²) in [5.74, 6) is 1.10. The highest BCUT2D eigenvalue weighted by Gasteiger charge is 2.27. The molecule has 1 aliphatic rings. The van der Waals surface area contributed by atoms with Crippen LogP contribution in [0.15, 0.2) is 27.3 Å². The van der Waals surface area contributed by atoms with Crippen LogP contribution in [-0.2, 0) is 0 Å². The van der Waals surface area contributed by atoms with Gasteiger partial charge in [-0.05, 0) is 44.2 Å². The standard InChI is InChI=1S/C17H20N2O3S/c1-11-9-12(2)22-15(11)17(21)19-6-3-14(4-7-19)18-16(20)13-5-8-23-10-13/h5,8-10,14H,3-4,6-7H2,1-2H3,(H,18,20). The smallest absolute Gasteiger partial charge is 0.289 e. The largest absolute Gasteiger partial charge is 0.456 e. The fraction of sp³-hybridized carbons (Fsp3) is 0.412. The van der Waals surface area contributed by atoms with Gasteiger partial charge in [-0.3, -0.25) is 9.59 Å². The first-order valence-corrected chi connectivity index (χ1v) is 8.68. The topological polar surface area (TPSA) is 62.6 Å². The number of aryl methyl sites for hydroxylation is 2. The second-order valence-corrected chi connectivity index (χ2v) is 6.70. The minimum atomic E-state index is -0.0572. The molecule has 0 atom stereocenters. The summed E-state index contributed by atoms with van der Waals surface area (Å²) in [6.45, 7) is 4.99. The first kappa shape index (κ1) is 15.8. The average molecular weight is 332 g/mol. The van der Waals surface area contributed by atoms with Crippen LogP contribution in [0.2, 0.25) is 0 Å². The minimum Gasteiger partial charge on any atom is -0.456 e. The van der Waals surface area contributed by atoms with Gasteiger partial charge >= 0.3 is 0 Å². The number of furan rings is 1. The Balaban J connectivity index is 1.55. The number of nitrogens with one attached hydrogen (secondary N) is 1. The number of piperidine rings is 1. The highest BCUT2D eigenvalue weighted by atomic mass is 32.1. The van der Waals surface area contributed by atoms with Crippen LogP contribution in [0.25, 0.3) is 0 Å². The van der Waals surface area contributed by atoms with Crippen molar-refractivity contribution in [1.82, 2.24) is 10.2 Å². The Morgan fingerprint density at radius 1 is 1.30 bits per heavy atom. The van der Waals surface area contributed by atoms with E-state index in [4.69, 9.17) is 4.42 Å². The Morgan fingerprint density at radius 2 is 2.04 bits per heavy atom. The predicted octanol–water partition coefficient (Wildman–Crippen LogP) is 2.99. The molecule has 2 aromatic heterocycles. The quantitative estimate of drug-likeness (QED) is 0.940. The lowest BCUT2D eigenvalue weighted by Gasteiger charge is -2.32. The summed E-state index contributed by atoms with van der Waals surface area (Å²) in [6.07, 6.45) is 1.53. The SMILES string of the molecule is Cc1cc(C)c(C(=O)N2CCC(NC(=O)c3ccsc3)CC2)o1. The molecule has 2 aromatic rings. The molecule has 0 radical (unpaired) electrons. The van der Waals surface area contributed by atoms with Gasteiger partial charge in [0.1, 0.15) is 5.76 Å².